The highest BCUT2D eigenvalue weighted by Gasteiger charge is 2.45. The molecule has 0 spiro atoms. The maximum atomic E-state index is 13.8. The standard InChI is InChI=1S/C29H21ClN2O5S/c1-16-15-38-29(31-16)32-25(24-26(33)20-13-19(30)9-11-21(20)37-27(24)28(32)34)18-8-10-22(23(12-18)35-2)36-14-17-6-4-3-5-7-17/h3-13,15,25H,14H2,1-2H3. The van der Waals surface area contributed by atoms with E-state index in [1.807, 2.05) is 48.7 Å². The van der Waals surface area contributed by atoms with Crippen LogP contribution in [0, 0.1) is 6.92 Å². The van der Waals surface area contributed by atoms with Crippen molar-refractivity contribution in [2.45, 2.75) is 19.6 Å². The number of amides is 1. The summed E-state index contributed by atoms with van der Waals surface area (Å²) in [6, 6.07) is 19.2. The third kappa shape index (κ3) is 4.12. The molecule has 38 heavy (non-hydrogen) atoms. The van der Waals surface area contributed by atoms with Crippen LogP contribution < -0.4 is 19.8 Å². The van der Waals surface area contributed by atoms with Crippen LogP contribution in [0.1, 0.15) is 39.0 Å². The Hall–Kier alpha value is -4.14. The van der Waals surface area contributed by atoms with Gasteiger partial charge in [-0.25, -0.2) is 4.98 Å². The summed E-state index contributed by atoms with van der Waals surface area (Å²) in [7, 11) is 1.55. The Morgan fingerprint density at radius 3 is 2.61 bits per heavy atom. The number of halogens is 1. The van der Waals surface area contributed by atoms with E-state index in [1.54, 1.807) is 37.4 Å². The highest BCUT2D eigenvalue weighted by molar-refractivity contribution is 7.14. The lowest BCUT2D eigenvalue weighted by Crippen LogP contribution is -2.29. The van der Waals surface area contributed by atoms with E-state index in [-0.39, 0.29) is 16.8 Å². The summed E-state index contributed by atoms with van der Waals surface area (Å²) in [5.41, 5.74) is 2.65. The smallest absolute Gasteiger partial charge is 0.297 e. The minimum atomic E-state index is -0.778. The Bertz CT molecular complexity index is 1750. The van der Waals surface area contributed by atoms with Crippen LogP contribution in [0.4, 0.5) is 5.13 Å². The lowest BCUT2D eigenvalue weighted by Gasteiger charge is -2.23. The van der Waals surface area contributed by atoms with Gasteiger partial charge in [0, 0.05) is 10.4 Å². The number of hydrogen-bond acceptors (Lipinski definition) is 7. The van der Waals surface area contributed by atoms with Crippen LogP contribution in [0.15, 0.2) is 81.3 Å². The second kappa shape index (κ2) is 9.63. The highest BCUT2D eigenvalue weighted by atomic mass is 35.5. The second-order valence-electron chi connectivity index (χ2n) is 8.85. The number of hydrogen-bond donors (Lipinski definition) is 0. The molecule has 0 radical (unpaired) electrons. The molecule has 9 heteroatoms. The van der Waals surface area contributed by atoms with E-state index in [2.05, 4.69) is 4.98 Å². The molecule has 0 N–H and O–H groups in total. The van der Waals surface area contributed by atoms with Crippen molar-refractivity contribution in [2.75, 3.05) is 12.0 Å². The molecule has 0 bridgehead atoms. The zero-order valence-corrected chi connectivity index (χ0v) is 22.0. The Labute approximate surface area is 226 Å². The predicted octanol–water partition coefficient (Wildman–Crippen LogP) is 6.55. The predicted molar refractivity (Wildman–Crippen MR) is 147 cm³/mol. The number of methoxy groups -OCH3 is 1. The van der Waals surface area contributed by atoms with Gasteiger partial charge in [-0.2, -0.15) is 0 Å². The van der Waals surface area contributed by atoms with E-state index in [4.69, 9.17) is 25.5 Å². The zero-order chi connectivity index (χ0) is 26.4. The first-order valence-electron chi connectivity index (χ1n) is 11.8. The van der Waals surface area contributed by atoms with Crippen LogP contribution in [-0.4, -0.2) is 18.0 Å². The van der Waals surface area contributed by atoms with Gasteiger partial charge in [-0.3, -0.25) is 14.5 Å². The number of ether oxygens (including phenoxy) is 2. The normalized spacial score (nSPS) is 14.7. The van der Waals surface area contributed by atoms with Crippen molar-refractivity contribution in [3.05, 3.63) is 116 Å². The molecule has 0 fully saturated rings. The third-order valence-electron chi connectivity index (χ3n) is 6.39. The molecule has 1 aliphatic rings. The number of carbonyl (C=O) groups excluding carboxylic acids is 1. The van der Waals surface area contributed by atoms with Gasteiger partial charge in [0.2, 0.25) is 5.76 Å². The molecule has 5 aromatic rings. The number of carbonyl (C=O) groups is 1. The van der Waals surface area contributed by atoms with E-state index in [1.165, 1.54) is 16.2 Å². The topological polar surface area (TPSA) is 81.9 Å². The lowest BCUT2D eigenvalue weighted by atomic mass is 9.98. The van der Waals surface area contributed by atoms with Crippen molar-refractivity contribution >= 4 is 44.9 Å². The summed E-state index contributed by atoms with van der Waals surface area (Å²) in [5.74, 6) is 0.573. The molecule has 0 saturated heterocycles. The average Bonchev–Trinajstić information content (AvgIpc) is 3.49. The van der Waals surface area contributed by atoms with Crippen molar-refractivity contribution in [3.8, 4) is 11.5 Å². The first-order valence-corrected chi connectivity index (χ1v) is 13.1. The summed E-state index contributed by atoms with van der Waals surface area (Å²) >= 11 is 7.51. The molecule has 3 aromatic carbocycles. The summed E-state index contributed by atoms with van der Waals surface area (Å²) < 4.78 is 17.7. The summed E-state index contributed by atoms with van der Waals surface area (Å²) in [6.07, 6.45) is 0. The molecule has 3 heterocycles. The molecular weight excluding hydrogens is 524 g/mol. The lowest BCUT2D eigenvalue weighted by molar-refractivity contribution is 0.0971. The molecule has 190 valence electrons. The molecule has 1 atom stereocenters. The fraction of sp³-hybridized carbons (Fsp3) is 0.138. The van der Waals surface area contributed by atoms with Crippen LogP contribution in [0.2, 0.25) is 5.02 Å². The zero-order valence-electron chi connectivity index (χ0n) is 20.4. The van der Waals surface area contributed by atoms with Crippen molar-refractivity contribution in [3.63, 3.8) is 0 Å². The van der Waals surface area contributed by atoms with Crippen molar-refractivity contribution < 1.29 is 18.7 Å². The fourth-order valence-electron chi connectivity index (χ4n) is 4.62. The minimum Gasteiger partial charge on any atom is -0.493 e. The molecular formula is C29H21ClN2O5S. The molecule has 0 aliphatic carbocycles. The Morgan fingerprint density at radius 1 is 1.05 bits per heavy atom. The second-order valence-corrected chi connectivity index (χ2v) is 10.1. The van der Waals surface area contributed by atoms with Gasteiger partial charge >= 0.3 is 0 Å². The van der Waals surface area contributed by atoms with Gasteiger partial charge in [-0.05, 0) is 48.4 Å². The highest BCUT2D eigenvalue weighted by Crippen LogP contribution is 2.44. The van der Waals surface area contributed by atoms with Crippen LogP contribution in [0.3, 0.4) is 0 Å². The van der Waals surface area contributed by atoms with Gasteiger partial charge < -0.3 is 13.9 Å². The number of benzene rings is 3. The third-order valence-corrected chi connectivity index (χ3v) is 7.58. The minimum absolute atomic E-state index is 0.00829. The van der Waals surface area contributed by atoms with Crippen LogP contribution in [0.25, 0.3) is 11.0 Å². The number of anilines is 1. The van der Waals surface area contributed by atoms with E-state index in [0.717, 1.165) is 11.3 Å². The van der Waals surface area contributed by atoms with E-state index in [0.29, 0.717) is 44.8 Å². The first kappa shape index (κ1) is 24.2. The maximum absolute atomic E-state index is 13.8. The van der Waals surface area contributed by atoms with Gasteiger partial charge in [0.15, 0.2) is 22.1 Å². The number of aryl methyl sites for hydroxylation is 1. The van der Waals surface area contributed by atoms with Gasteiger partial charge in [0.1, 0.15) is 12.2 Å². The monoisotopic (exact) mass is 544 g/mol. The Morgan fingerprint density at radius 2 is 1.87 bits per heavy atom. The number of nitrogens with zero attached hydrogens (tertiary/aromatic N) is 2. The molecule has 6 rings (SSSR count). The van der Waals surface area contributed by atoms with Crippen LogP contribution in [0.5, 0.6) is 11.5 Å². The summed E-state index contributed by atoms with van der Waals surface area (Å²) in [4.78, 5) is 33.6. The number of rotatable bonds is 6. The van der Waals surface area contributed by atoms with E-state index in [9.17, 15) is 9.59 Å². The van der Waals surface area contributed by atoms with Crippen molar-refractivity contribution in [2.24, 2.45) is 0 Å². The van der Waals surface area contributed by atoms with Crippen molar-refractivity contribution in [1.82, 2.24) is 4.98 Å². The Balaban J connectivity index is 1.49. The molecule has 0 saturated carbocycles. The molecule has 2 aromatic heterocycles. The molecule has 1 aliphatic heterocycles. The quantitative estimate of drug-likeness (QED) is 0.241. The fourth-order valence-corrected chi connectivity index (χ4v) is 5.62. The SMILES string of the molecule is COc1cc(C2c3c(oc4ccc(Cl)cc4c3=O)C(=O)N2c2nc(C)cs2)ccc1OCc1ccccc1. The van der Waals surface area contributed by atoms with Crippen LogP contribution >= 0.6 is 22.9 Å². The Kier molecular flexibility index (Phi) is 6.13. The molecule has 7 nitrogen and oxygen atoms in total. The average molecular weight is 545 g/mol. The molecule has 1 unspecified atom stereocenters. The summed E-state index contributed by atoms with van der Waals surface area (Å²) in [6.45, 7) is 2.21. The largest absolute Gasteiger partial charge is 0.493 e. The summed E-state index contributed by atoms with van der Waals surface area (Å²) in [5, 5.41) is 3.03. The van der Waals surface area contributed by atoms with Gasteiger partial charge in [0.25, 0.3) is 5.91 Å². The maximum Gasteiger partial charge on any atom is 0.297 e. The van der Waals surface area contributed by atoms with Gasteiger partial charge in [-0.1, -0.05) is 48.0 Å². The number of fused-ring (bicyclic) bond motifs is 2. The number of thiazole rings is 1. The first-order chi connectivity index (χ1) is 18.4. The number of aromatic nitrogens is 1. The molecule has 1 amide bonds. The van der Waals surface area contributed by atoms with E-state index < -0.39 is 11.9 Å². The van der Waals surface area contributed by atoms with Crippen LogP contribution in [-0.2, 0) is 6.61 Å². The van der Waals surface area contributed by atoms with Gasteiger partial charge in [-0.15, -0.1) is 11.3 Å². The van der Waals surface area contributed by atoms with Crippen molar-refractivity contribution in [1.29, 1.82) is 0 Å². The van der Waals surface area contributed by atoms with Gasteiger partial charge in [0.05, 0.1) is 29.8 Å². The van der Waals surface area contributed by atoms with E-state index >= 15 is 0 Å².